The molecule has 0 unspecified atom stereocenters. The fourth-order valence-electron chi connectivity index (χ4n) is 1.17. The molecule has 0 spiro atoms. The van der Waals surface area contributed by atoms with Crippen LogP contribution in [0, 0.1) is 5.41 Å². The van der Waals surface area contributed by atoms with Gasteiger partial charge in [-0.25, -0.2) is 0 Å². The zero-order chi connectivity index (χ0) is 14.4. The Kier molecular flexibility index (Phi) is 6.54. The van der Waals surface area contributed by atoms with Crippen LogP contribution in [-0.4, -0.2) is 30.6 Å². The fraction of sp³-hybridized carbons (Fsp3) is 0.857. The van der Waals surface area contributed by atoms with Gasteiger partial charge in [-0.2, -0.15) is 0 Å². The Morgan fingerprint density at radius 2 is 1.44 bits per heavy atom. The molecule has 0 aliphatic heterocycles. The van der Waals surface area contributed by atoms with Crippen molar-refractivity contribution in [2.24, 2.45) is 5.41 Å². The minimum Gasteiger partial charge on any atom is -0.463 e. The van der Waals surface area contributed by atoms with E-state index in [-0.39, 0.29) is 36.8 Å². The second-order valence-corrected chi connectivity index (χ2v) is 6.35. The number of hydrogen-bond acceptors (Lipinski definition) is 4. The Balaban J connectivity index is 3.71. The number of esters is 1. The van der Waals surface area contributed by atoms with E-state index >= 15 is 0 Å². The number of Topliss-reactive ketones (excluding diaryl/α,β-unsaturated/α-hetero) is 1. The molecule has 0 saturated heterocycles. The number of ether oxygens (including phenoxy) is 2. The average Bonchev–Trinajstić information content (AvgIpc) is 2.18. The standard InChI is InChI=1S/C14H26O4/c1-13(2,3)11(15)7-8-12(16)17-9-10-18-14(4,5)6/h7-10H2,1-6H3. The van der Waals surface area contributed by atoms with Gasteiger partial charge in [0.25, 0.3) is 0 Å². The van der Waals surface area contributed by atoms with Gasteiger partial charge in [0.1, 0.15) is 12.4 Å². The topological polar surface area (TPSA) is 52.6 Å². The Morgan fingerprint density at radius 1 is 0.889 bits per heavy atom. The molecule has 106 valence electrons. The molecule has 0 heterocycles. The smallest absolute Gasteiger partial charge is 0.306 e. The van der Waals surface area contributed by atoms with Crippen molar-refractivity contribution in [1.82, 2.24) is 0 Å². The number of rotatable bonds is 6. The normalized spacial score (nSPS) is 12.3. The van der Waals surface area contributed by atoms with Crippen LogP contribution in [0.5, 0.6) is 0 Å². The Hall–Kier alpha value is -0.900. The van der Waals surface area contributed by atoms with Crippen LogP contribution in [0.1, 0.15) is 54.4 Å². The van der Waals surface area contributed by atoms with Gasteiger partial charge in [0.15, 0.2) is 0 Å². The third-order valence-corrected chi connectivity index (χ3v) is 2.27. The SMILES string of the molecule is CC(C)(C)OCCOC(=O)CCC(=O)C(C)(C)C. The molecule has 0 aliphatic carbocycles. The second kappa shape index (κ2) is 6.88. The maximum absolute atomic E-state index is 11.6. The fourth-order valence-corrected chi connectivity index (χ4v) is 1.17. The van der Waals surface area contributed by atoms with Gasteiger partial charge >= 0.3 is 5.97 Å². The minimum atomic E-state index is -0.393. The van der Waals surface area contributed by atoms with Crippen molar-refractivity contribution in [1.29, 1.82) is 0 Å². The van der Waals surface area contributed by atoms with Crippen molar-refractivity contribution in [2.45, 2.75) is 60.0 Å². The summed E-state index contributed by atoms with van der Waals surface area (Å²) in [5.41, 5.74) is -0.621. The molecule has 0 bridgehead atoms. The van der Waals surface area contributed by atoms with Crippen LogP contribution in [-0.2, 0) is 19.1 Å². The van der Waals surface area contributed by atoms with Crippen molar-refractivity contribution in [3.63, 3.8) is 0 Å². The summed E-state index contributed by atoms with van der Waals surface area (Å²) < 4.78 is 10.4. The Bertz CT molecular complexity index is 281. The minimum absolute atomic E-state index is 0.0744. The predicted molar refractivity (Wildman–Crippen MR) is 70.4 cm³/mol. The lowest BCUT2D eigenvalue weighted by molar-refractivity contribution is -0.148. The van der Waals surface area contributed by atoms with E-state index < -0.39 is 5.41 Å². The molecule has 0 aliphatic rings. The van der Waals surface area contributed by atoms with E-state index in [0.29, 0.717) is 6.61 Å². The van der Waals surface area contributed by atoms with E-state index in [0.717, 1.165) is 0 Å². The van der Waals surface area contributed by atoms with Crippen LogP contribution in [0.4, 0.5) is 0 Å². The van der Waals surface area contributed by atoms with E-state index in [1.165, 1.54) is 0 Å². The summed E-state index contributed by atoms with van der Waals surface area (Å²) in [6, 6.07) is 0. The van der Waals surface area contributed by atoms with Gasteiger partial charge in [0.2, 0.25) is 0 Å². The summed E-state index contributed by atoms with van der Waals surface area (Å²) in [6.45, 7) is 12.0. The van der Waals surface area contributed by atoms with E-state index in [1.54, 1.807) is 0 Å². The van der Waals surface area contributed by atoms with Crippen LogP contribution in [0.15, 0.2) is 0 Å². The highest BCUT2D eigenvalue weighted by Gasteiger charge is 2.21. The first-order chi connectivity index (χ1) is 8.02. The highest BCUT2D eigenvalue weighted by molar-refractivity contribution is 5.86. The van der Waals surface area contributed by atoms with Crippen LogP contribution >= 0.6 is 0 Å². The summed E-state index contributed by atoms with van der Waals surface area (Å²) in [4.78, 5) is 23.0. The summed E-state index contributed by atoms with van der Waals surface area (Å²) in [5, 5.41) is 0. The monoisotopic (exact) mass is 258 g/mol. The molecule has 4 nitrogen and oxygen atoms in total. The second-order valence-electron chi connectivity index (χ2n) is 6.35. The lowest BCUT2D eigenvalue weighted by Gasteiger charge is -2.19. The average molecular weight is 258 g/mol. The largest absolute Gasteiger partial charge is 0.463 e. The third kappa shape index (κ3) is 9.16. The van der Waals surface area contributed by atoms with Crippen molar-refractivity contribution in [2.75, 3.05) is 13.2 Å². The molecule has 0 aromatic heterocycles. The van der Waals surface area contributed by atoms with Crippen LogP contribution < -0.4 is 0 Å². The highest BCUT2D eigenvalue weighted by Crippen LogP contribution is 2.17. The number of carbonyl (C=O) groups is 2. The molecule has 0 atom stereocenters. The predicted octanol–water partition coefficient (Wildman–Crippen LogP) is 2.74. The molecule has 18 heavy (non-hydrogen) atoms. The molecular weight excluding hydrogens is 232 g/mol. The van der Waals surface area contributed by atoms with Crippen LogP contribution in [0.2, 0.25) is 0 Å². The van der Waals surface area contributed by atoms with Gasteiger partial charge in [0, 0.05) is 11.8 Å². The van der Waals surface area contributed by atoms with Gasteiger partial charge in [-0.3, -0.25) is 9.59 Å². The van der Waals surface area contributed by atoms with Crippen LogP contribution in [0.3, 0.4) is 0 Å². The van der Waals surface area contributed by atoms with Crippen molar-refractivity contribution >= 4 is 11.8 Å². The molecular formula is C14H26O4. The van der Waals surface area contributed by atoms with E-state index in [1.807, 2.05) is 41.5 Å². The van der Waals surface area contributed by atoms with Gasteiger partial charge in [-0.1, -0.05) is 20.8 Å². The summed E-state index contributed by atoms with van der Waals surface area (Å²) in [5.74, 6) is -0.268. The van der Waals surface area contributed by atoms with Gasteiger partial charge in [0.05, 0.1) is 18.6 Å². The molecule has 0 N–H and O–H groups in total. The zero-order valence-corrected chi connectivity index (χ0v) is 12.5. The van der Waals surface area contributed by atoms with E-state index in [4.69, 9.17) is 9.47 Å². The molecule has 0 aromatic carbocycles. The maximum atomic E-state index is 11.6. The van der Waals surface area contributed by atoms with Crippen molar-refractivity contribution in [3.05, 3.63) is 0 Å². The van der Waals surface area contributed by atoms with Gasteiger partial charge in [-0.05, 0) is 20.8 Å². The molecule has 0 fully saturated rings. The molecule has 0 rings (SSSR count). The van der Waals surface area contributed by atoms with E-state index in [9.17, 15) is 9.59 Å². The first-order valence-corrected chi connectivity index (χ1v) is 6.35. The first kappa shape index (κ1) is 17.1. The molecule has 0 aromatic rings. The van der Waals surface area contributed by atoms with Crippen molar-refractivity contribution in [3.8, 4) is 0 Å². The summed E-state index contributed by atoms with van der Waals surface area (Å²) >= 11 is 0. The quantitative estimate of drug-likeness (QED) is 0.543. The Labute approximate surface area is 110 Å². The molecule has 0 amide bonds. The highest BCUT2D eigenvalue weighted by atomic mass is 16.6. The Morgan fingerprint density at radius 3 is 1.89 bits per heavy atom. The molecule has 0 radical (unpaired) electrons. The number of carbonyl (C=O) groups excluding carboxylic acids is 2. The third-order valence-electron chi connectivity index (χ3n) is 2.27. The zero-order valence-electron chi connectivity index (χ0n) is 12.5. The molecule has 0 saturated carbocycles. The maximum Gasteiger partial charge on any atom is 0.306 e. The number of hydrogen-bond donors (Lipinski definition) is 0. The molecule has 4 heteroatoms. The summed E-state index contributed by atoms with van der Waals surface area (Å²) in [6.07, 6.45) is 0.383. The van der Waals surface area contributed by atoms with Gasteiger partial charge in [-0.15, -0.1) is 0 Å². The van der Waals surface area contributed by atoms with E-state index in [2.05, 4.69) is 0 Å². The summed E-state index contributed by atoms with van der Waals surface area (Å²) in [7, 11) is 0. The van der Waals surface area contributed by atoms with Crippen LogP contribution in [0.25, 0.3) is 0 Å². The van der Waals surface area contributed by atoms with Gasteiger partial charge < -0.3 is 9.47 Å². The van der Waals surface area contributed by atoms with Crippen molar-refractivity contribution < 1.29 is 19.1 Å². The number of ketones is 1. The lowest BCUT2D eigenvalue weighted by atomic mass is 9.88. The lowest BCUT2D eigenvalue weighted by Crippen LogP contribution is -2.23. The first-order valence-electron chi connectivity index (χ1n) is 6.35.